The van der Waals surface area contributed by atoms with Crippen LogP contribution in [-0.4, -0.2) is 43.1 Å². The summed E-state index contributed by atoms with van der Waals surface area (Å²) in [6.45, 7) is 0. The van der Waals surface area contributed by atoms with E-state index in [4.69, 9.17) is 9.84 Å². The molecule has 10 nitrogen and oxygen atoms in total. The Bertz CT molecular complexity index is 982. The Morgan fingerprint density at radius 1 is 0.967 bits per heavy atom. The minimum atomic E-state index is -1.16. The molecule has 2 aromatic heterocycles. The van der Waals surface area contributed by atoms with Gasteiger partial charge in [-0.05, 0) is 50.7 Å². The molecule has 0 amide bonds. The first-order valence-electron chi connectivity index (χ1n) is 10.0. The van der Waals surface area contributed by atoms with Crippen molar-refractivity contribution in [2.75, 3.05) is 0 Å². The van der Waals surface area contributed by atoms with E-state index in [1.165, 1.54) is 16.8 Å². The zero-order valence-electron chi connectivity index (χ0n) is 16.5. The lowest BCUT2D eigenvalue weighted by molar-refractivity contribution is 0.0307. The van der Waals surface area contributed by atoms with Gasteiger partial charge in [0.05, 0.1) is 6.04 Å². The van der Waals surface area contributed by atoms with E-state index in [0.717, 1.165) is 63.5 Å². The van der Waals surface area contributed by atoms with Crippen molar-refractivity contribution >= 4 is 11.9 Å². The molecule has 2 aliphatic rings. The highest BCUT2D eigenvalue weighted by Gasteiger charge is 2.23. The highest BCUT2D eigenvalue weighted by Crippen LogP contribution is 2.27. The Labute approximate surface area is 171 Å². The number of carboxylic acids is 1. The Morgan fingerprint density at radius 2 is 1.60 bits per heavy atom. The van der Waals surface area contributed by atoms with Gasteiger partial charge in [-0.3, -0.25) is 9.59 Å². The summed E-state index contributed by atoms with van der Waals surface area (Å²) in [6, 6.07) is 5.29. The second-order valence-corrected chi connectivity index (χ2v) is 7.36. The maximum atomic E-state index is 12.1. The van der Waals surface area contributed by atoms with E-state index < -0.39 is 17.5 Å². The molecule has 160 valence electrons. The van der Waals surface area contributed by atoms with Crippen molar-refractivity contribution in [3.8, 4) is 0 Å². The molecule has 30 heavy (non-hydrogen) atoms. The van der Waals surface area contributed by atoms with Gasteiger partial charge in [-0.1, -0.05) is 12.8 Å². The number of carbonyl (C=O) groups excluding carboxylic acids is 1. The molecule has 0 spiro atoms. The third-order valence-electron chi connectivity index (χ3n) is 5.18. The van der Waals surface area contributed by atoms with Crippen LogP contribution in [-0.2, 0) is 4.74 Å². The van der Waals surface area contributed by atoms with Crippen LogP contribution in [0.5, 0.6) is 0 Å². The van der Waals surface area contributed by atoms with Gasteiger partial charge in [-0.2, -0.15) is 10.2 Å². The topological polar surface area (TPSA) is 144 Å². The van der Waals surface area contributed by atoms with Crippen molar-refractivity contribution in [1.29, 1.82) is 0 Å². The van der Waals surface area contributed by atoms with Crippen LogP contribution >= 0.6 is 0 Å². The average Bonchev–Trinajstić information content (AvgIpc) is 3.43. The lowest BCUT2D eigenvalue weighted by Gasteiger charge is -2.14. The van der Waals surface area contributed by atoms with Crippen LogP contribution in [0.3, 0.4) is 0 Å². The van der Waals surface area contributed by atoms with Crippen LogP contribution in [0.25, 0.3) is 0 Å². The van der Waals surface area contributed by atoms with E-state index in [1.807, 2.05) is 5.10 Å². The number of hydrogen-bond acceptors (Lipinski definition) is 7. The molecular weight excluding hydrogens is 392 g/mol. The maximum absolute atomic E-state index is 12.1. The third kappa shape index (κ3) is 5.62. The lowest BCUT2D eigenvalue weighted by atomic mass is 10.2. The van der Waals surface area contributed by atoms with Crippen LogP contribution in [0.2, 0.25) is 0 Å². The molecule has 2 aromatic rings. The Balaban J connectivity index is 0.000000216. The molecule has 0 unspecified atom stereocenters. The summed E-state index contributed by atoms with van der Waals surface area (Å²) in [4.78, 5) is 44.4. The first-order valence-corrected chi connectivity index (χ1v) is 10.0. The summed E-state index contributed by atoms with van der Waals surface area (Å²) in [5.74, 6) is -1.56. The maximum Gasteiger partial charge on any atom is 0.359 e. The summed E-state index contributed by atoms with van der Waals surface area (Å²) in [5.41, 5.74) is -0.456. The Hall–Kier alpha value is -3.30. The van der Waals surface area contributed by atoms with Gasteiger partial charge in [0.2, 0.25) is 0 Å². The molecule has 2 heterocycles. The predicted octanol–water partition coefficient (Wildman–Crippen LogP) is 1.93. The van der Waals surface area contributed by atoms with E-state index in [1.54, 1.807) is 0 Å². The van der Waals surface area contributed by atoms with E-state index in [2.05, 4.69) is 10.2 Å². The van der Waals surface area contributed by atoms with Gasteiger partial charge in [-0.25, -0.2) is 19.4 Å². The number of aromatic amines is 1. The Kier molecular flexibility index (Phi) is 7.10. The minimum Gasteiger partial charge on any atom is -0.476 e. The van der Waals surface area contributed by atoms with Crippen LogP contribution in [0, 0.1) is 0 Å². The fourth-order valence-electron chi connectivity index (χ4n) is 3.63. The smallest absolute Gasteiger partial charge is 0.359 e. The van der Waals surface area contributed by atoms with Crippen molar-refractivity contribution in [2.45, 2.75) is 63.5 Å². The monoisotopic (exact) mass is 416 g/mol. The number of nitrogens with zero attached hydrogens (tertiary/aromatic N) is 3. The van der Waals surface area contributed by atoms with Gasteiger partial charge in [0.25, 0.3) is 11.1 Å². The van der Waals surface area contributed by atoms with Crippen molar-refractivity contribution in [3.63, 3.8) is 0 Å². The number of rotatable bonds is 4. The van der Waals surface area contributed by atoms with E-state index in [0.29, 0.717) is 0 Å². The van der Waals surface area contributed by atoms with Gasteiger partial charge in [0, 0.05) is 12.1 Å². The number of carboxylic acid groups (broad SMARTS) is 1. The van der Waals surface area contributed by atoms with Gasteiger partial charge < -0.3 is 9.84 Å². The fourth-order valence-corrected chi connectivity index (χ4v) is 3.63. The molecule has 0 radical (unpaired) electrons. The standard InChI is InChI=1S/C15H20N2O3.C5H4N2O3/c18-14-10-9-13(15(19)20-12-7-3-4-8-12)16-17(14)11-5-1-2-6-11;8-4-2-1-3(5(9)10)6-7-4/h9-12H,1-8H2;1-2H,(H,7,8)(H,9,10). The first-order chi connectivity index (χ1) is 14.4. The quantitative estimate of drug-likeness (QED) is 0.719. The molecule has 2 aliphatic carbocycles. The molecule has 10 heteroatoms. The fraction of sp³-hybridized carbons (Fsp3) is 0.500. The number of esters is 1. The molecule has 2 N–H and O–H groups in total. The molecule has 0 bridgehead atoms. The zero-order chi connectivity index (χ0) is 21.5. The van der Waals surface area contributed by atoms with Crippen molar-refractivity contribution < 1.29 is 19.4 Å². The normalized spacial score (nSPS) is 16.7. The molecule has 4 rings (SSSR count). The van der Waals surface area contributed by atoms with E-state index in [-0.39, 0.29) is 29.1 Å². The minimum absolute atomic E-state index is 0.0242. The molecule has 0 saturated heterocycles. The second kappa shape index (κ2) is 9.95. The van der Waals surface area contributed by atoms with Gasteiger partial charge >= 0.3 is 11.9 Å². The van der Waals surface area contributed by atoms with Crippen LogP contribution in [0.1, 0.15) is 78.4 Å². The van der Waals surface area contributed by atoms with Gasteiger partial charge in [0.1, 0.15) is 6.10 Å². The van der Waals surface area contributed by atoms with Crippen molar-refractivity contribution in [1.82, 2.24) is 20.0 Å². The number of carbonyl (C=O) groups is 2. The lowest BCUT2D eigenvalue weighted by Crippen LogP contribution is -2.28. The molecule has 2 saturated carbocycles. The zero-order valence-corrected chi connectivity index (χ0v) is 16.5. The highest BCUT2D eigenvalue weighted by molar-refractivity contribution is 5.87. The molecular formula is C20H24N4O6. The van der Waals surface area contributed by atoms with Gasteiger partial charge in [-0.15, -0.1) is 0 Å². The van der Waals surface area contributed by atoms with Gasteiger partial charge in [0.15, 0.2) is 11.4 Å². The number of nitrogens with one attached hydrogen (secondary N) is 1. The molecule has 0 aromatic carbocycles. The molecule has 0 aliphatic heterocycles. The summed E-state index contributed by atoms with van der Waals surface area (Å²) in [5, 5.41) is 17.8. The number of hydrogen-bond donors (Lipinski definition) is 2. The van der Waals surface area contributed by atoms with Crippen LogP contribution in [0.15, 0.2) is 33.9 Å². The molecule has 2 fully saturated rings. The number of aromatic carboxylic acids is 1. The second-order valence-electron chi connectivity index (χ2n) is 7.36. The van der Waals surface area contributed by atoms with E-state index >= 15 is 0 Å². The predicted molar refractivity (Wildman–Crippen MR) is 105 cm³/mol. The summed E-state index contributed by atoms with van der Waals surface area (Å²) >= 11 is 0. The largest absolute Gasteiger partial charge is 0.476 e. The number of aromatic nitrogens is 4. The number of ether oxygens (including phenoxy) is 1. The summed E-state index contributed by atoms with van der Waals surface area (Å²) in [6.07, 6.45) is 8.31. The van der Waals surface area contributed by atoms with Crippen molar-refractivity contribution in [3.05, 3.63) is 56.4 Å². The van der Waals surface area contributed by atoms with E-state index in [9.17, 15) is 19.2 Å². The summed E-state index contributed by atoms with van der Waals surface area (Å²) < 4.78 is 6.91. The van der Waals surface area contributed by atoms with Crippen LogP contribution < -0.4 is 11.1 Å². The Morgan fingerprint density at radius 3 is 2.20 bits per heavy atom. The van der Waals surface area contributed by atoms with Crippen molar-refractivity contribution in [2.24, 2.45) is 0 Å². The number of H-pyrrole nitrogens is 1. The van der Waals surface area contributed by atoms with Crippen LogP contribution in [0.4, 0.5) is 0 Å². The highest BCUT2D eigenvalue weighted by atomic mass is 16.5. The third-order valence-corrected chi connectivity index (χ3v) is 5.18. The SMILES string of the molecule is O=C(O)c1ccc(=O)[nH]n1.O=C(OC1CCCC1)c1ccc(=O)n(C2CCCC2)n1. The molecule has 0 atom stereocenters. The average molecular weight is 416 g/mol. The first kappa shape index (κ1) is 21.4. The summed E-state index contributed by atoms with van der Waals surface area (Å²) in [7, 11) is 0.